The average molecular weight is 268 g/mol. The highest BCUT2D eigenvalue weighted by atomic mass is 35.5. The second-order valence-electron chi connectivity index (χ2n) is 6.04. The molecule has 4 heteroatoms. The van der Waals surface area contributed by atoms with E-state index in [1.54, 1.807) is 6.07 Å². The molecule has 1 aliphatic heterocycles. The summed E-state index contributed by atoms with van der Waals surface area (Å²) in [7, 11) is 0. The van der Waals surface area contributed by atoms with Crippen molar-refractivity contribution in [3.8, 4) is 0 Å². The molecule has 1 fully saturated rings. The Morgan fingerprint density at radius 2 is 2.06 bits per heavy atom. The maximum Gasteiger partial charge on any atom is 0.144 e. The summed E-state index contributed by atoms with van der Waals surface area (Å²) in [5.74, 6) is 0.847. The lowest BCUT2D eigenvalue weighted by molar-refractivity contribution is 0.250. The Hall–Kier alpha value is -0.670. The Balaban J connectivity index is 2.00. The quantitative estimate of drug-likeness (QED) is 0.769. The van der Waals surface area contributed by atoms with Crippen LogP contribution in [-0.4, -0.2) is 28.0 Å². The summed E-state index contributed by atoms with van der Waals surface area (Å²) in [6, 6.07) is 1.80. The fourth-order valence-corrected chi connectivity index (χ4v) is 2.75. The van der Waals surface area contributed by atoms with Crippen molar-refractivity contribution in [2.75, 3.05) is 13.1 Å². The van der Waals surface area contributed by atoms with Gasteiger partial charge in [0.25, 0.3) is 0 Å². The zero-order chi connectivity index (χ0) is 13.2. The van der Waals surface area contributed by atoms with Crippen molar-refractivity contribution in [1.29, 1.82) is 0 Å². The number of hydrogen-bond acceptors (Lipinski definition) is 3. The molecule has 0 aromatic carbocycles. The summed E-state index contributed by atoms with van der Waals surface area (Å²) in [6.45, 7) is 9.76. The van der Waals surface area contributed by atoms with Gasteiger partial charge >= 0.3 is 0 Å². The predicted octanol–water partition coefficient (Wildman–Crippen LogP) is 3.45. The molecule has 0 amide bonds. The Morgan fingerprint density at radius 3 is 2.78 bits per heavy atom. The summed E-state index contributed by atoms with van der Waals surface area (Å²) in [6.07, 6.45) is 3.80. The number of hydrogen-bond donors (Lipinski definition) is 0. The molecule has 0 aliphatic carbocycles. The number of rotatable bonds is 2. The lowest BCUT2D eigenvalue weighted by atomic mass is 9.85. The fourth-order valence-electron chi connectivity index (χ4n) is 2.50. The Bertz CT molecular complexity index is 397. The lowest BCUT2D eigenvalue weighted by Crippen LogP contribution is -2.26. The third kappa shape index (κ3) is 3.92. The first-order valence-corrected chi connectivity index (χ1v) is 7.05. The van der Waals surface area contributed by atoms with E-state index < -0.39 is 0 Å². The summed E-state index contributed by atoms with van der Waals surface area (Å²) in [4.78, 5) is 11.2. The molecule has 3 nitrogen and oxygen atoms in total. The largest absolute Gasteiger partial charge is 0.296 e. The molecule has 0 atom stereocenters. The van der Waals surface area contributed by atoms with Crippen LogP contribution in [0.5, 0.6) is 0 Å². The van der Waals surface area contributed by atoms with E-state index in [1.807, 2.05) is 6.92 Å². The van der Waals surface area contributed by atoms with Gasteiger partial charge < -0.3 is 0 Å². The second kappa shape index (κ2) is 5.54. The van der Waals surface area contributed by atoms with Gasteiger partial charge in [0.2, 0.25) is 0 Å². The highest BCUT2D eigenvalue weighted by molar-refractivity contribution is 6.29. The third-order valence-electron chi connectivity index (χ3n) is 3.67. The van der Waals surface area contributed by atoms with Crippen molar-refractivity contribution in [3.63, 3.8) is 0 Å². The molecule has 2 heterocycles. The summed E-state index contributed by atoms with van der Waals surface area (Å²) in [5.41, 5.74) is 1.42. The van der Waals surface area contributed by atoms with Crippen LogP contribution in [0.3, 0.4) is 0 Å². The Morgan fingerprint density at radius 1 is 1.28 bits per heavy atom. The number of nitrogens with zero attached hydrogens (tertiary/aromatic N) is 3. The van der Waals surface area contributed by atoms with Gasteiger partial charge in [-0.3, -0.25) is 4.90 Å². The van der Waals surface area contributed by atoms with Crippen molar-refractivity contribution in [3.05, 3.63) is 22.7 Å². The molecule has 1 aromatic rings. The van der Waals surface area contributed by atoms with Gasteiger partial charge in [0, 0.05) is 5.69 Å². The van der Waals surface area contributed by atoms with Crippen molar-refractivity contribution in [2.45, 2.75) is 46.6 Å². The first-order valence-electron chi connectivity index (χ1n) is 6.67. The van der Waals surface area contributed by atoms with E-state index in [2.05, 4.69) is 28.7 Å². The molecule has 0 saturated carbocycles. The molecule has 0 N–H and O–H groups in total. The van der Waals surface area contributed by atoms with Crippen LogP contribution in [0.1, 0.15) is 44.6 Å². The first-order chi connectivity index (χ1) is 8.44. The number of halogens is 1. The van der Waals surface area contributed by atoms with E-state index in [0.717, 1.165) is 31.2 Å². The van der Waals surface area contributed by atoms with Crippen LogP contribution < -0.4 is 0 Å². The Labute approximate surface area is 115 Å². The topological polar surface area (TPSA) is 29.0 Å². The predicted molar refractivity (Wildman–Crippen MR) is 74.7 cm³/mol. The van der Waals surface area contributed by atoms with Crippen LogP contribution >= 0.6 is 11.6 Å². The van der Waals surface area contributed by atoms with Crippen molar-refractivity contribution in [2.24, 2.45) is 5.41 Å². The number of likely N-dealkylation sites (tertiary alicyclic amines) is 1. The molecular formula is C14H22ClN3. The molecule has 18 heavy (non-hydrogen) atoms. The van der Waals surface area contributed by atoms with Crippen LogP contribution in [0.25, 0.3) is 0 Å². The van der Waals surface area contributed by atoms with Gasteiger partial charge in [0.1, 0.15) is 11.0 Å². The van der Waals surface area contributed by atoms with Gasteiger partial charge in [-0.05, 0) is 50.8 Å². The zero-order valence-corrected chi connectivity index (χ0v) is 12.3. The minimum Gasteiger partial charge on any atom is -0.296 e. The second-order valence-corrected chi connectivity index (χ2v) is 6.43. The van der Waals surface area contributed by atoms with Gasteiger partial charge in [0.15, 0.2) is 0 Å². The molecule has 2 rings (SSSR count). The van der Waals surface area contributed by atoms with Crippen LogP contribution in [0, 0.1) is 12.3 Å². The monoisotopic (exact) mass is 267 g/mol. The van der Waals surface area contributed by atoms with E-state index >= 15 is 0 Å². The summed E-state index contributed by atoms with van der Waals surface area (Å²) in [5, 5.41) is 0.549. The highest BCUT2D eigenvalue weighted by Gasteiger charge is 2.23. The molecule has 1 aromatic heterocycles. The first kappa shape index (κ1) is 13.8. The molecule has 0 unspecified atom stereocenters. The fraction of sp³-hybridized carbons (Fsp3) is 0.714. The smallest absolute Gasteiger partial charge is 0.144 e. The van der Waals surface area contributed by atoms with Crippen LogP contribution in [-0.2, 0) is 6.54 Å². The highest BCUT2D eigenvalue weighted by Crippen LogP contribution is 2.30. The van der Waals surface area contributed by atoms with Gasteiger partial charge in [-0.2, -0.15) is 0 Å². The van der Waals surface area contributed by atoms with Gasteiger partial charge in [0.05, 0.1) is 6.54 Å². The molecule has 1 saturated heterocycles. The molecule has 100 valence electrons. The maximum atomic E-state index is 5.98. The SMILES string of the molecule is Cc1cc(Cl)nc(CN2CCCC(C)(C)CC2)n1. The lowest BCUT2D eigenvalue weighted by Gasteiger charge is -2.22. The minimum absolute atomic E-state index is 0.472. The average Bonchev–Trinajstić information content (AvgIpc) is 2.39. The van der Waals surface area contributed by atoms with Gasteiger partial charge in [-0.1, -0.05) is 25.4 Å². The van der Waals surface area contributed by atoms with Crippen LogP contribution in [0.15, 0.2) is 6.07 Å². The molecule has 1 aliphatic rings. The normalized spacial score (nSPS) is 20.7. The van der Waals surface area contributed by atoms with Crippen LogP contribution in [0.4, 0.5) is 0 Å². The van der Waals surface area contributed by atoms with Gasteiger partial charge in [-0.25, -0.2) is 9.97 Å². The van der Waals surface area contributed by atoms with E-state index in [9.17, 15) is 0 Å². The van der Waals surface area contributed by atoms with E-state index in [-0.39, 0.29) is 0 Å². The minimum atomic E-state index is 0.472. The van der Waals surface area contributed by atoms with Crippen molar-refractivity contribution >= 4 is 11.6 Å². The number of aryl methyl sites for hydroxylation is 1. The van der Waals surface area contributed by atoms with Gasteiger partial charge in [-0.15, -0.1) is 0 Å². The molecule has 0 radical (unpaired) electrons. The summed E-state index contributed by atoms with van der Waals surface area (Å²) >= 11 is 5.98. The van der Waals surface area contributed by atoms with E-state index in [1.165, 1.54) is 19.3 Å². The zero-order valence-electron chi connectivity index (χ0n) is 11.5. The van der Waals surface area contributed by atoms with Crippen molar-refractivity contribution in [1.82, 2.24) is 14.9 Å². The van der Waals surface area contributed by atoms with E-state index in [4.69, 9.17) is 11.6 Å². The molecule has 0 bridgehead atoms. The number of aromatic nitrogens is 2. The maximum absolute atomic E-state index is 5.98. The third-order valence-corrected chi connectivity index (χ3v) is 3.86. The van der Waals surface area contributed by atoms with Crippen molar-refractivity contribution < 1.29 is 0 Å². The standard InChI is InChI=1S/C14H22ClN3/c1-11-9-12(15)17-13(16-11)10-18-7-4-5-14(2,3)6-8-18/h9H,4-8,10H2,1-3H3. The summed E-state index contributed by atoms with van der Waals surface area (Å²) < 4.78 is 0. The molecular weight excluding hydrogens is 246 g/mol. The van der Waals surface area contributed by atoms with E-state index in [0.29, 0.717) is 10.6 Å². The molecule has 0 spiro atoms. The Kier molecular flexibility index (Phi) is 4.23. The van der Waals surface area contributed by atoms with Crippen LogP contribution in [0.2, 0.25) is 5.15 Å².